The lowest BCUT2D eigenvalue weighted by atomic mass is 10.0. The van der Waals surface area contributed by atoms with Crippen molar-refractivity contribution in [2.75, 3.05) is 39.4 Å². The third-order valence-corrected chi connectivity index (χ3v) is 4.88. The van der Waals surface area contributed by atoms with Crippen molar-refractivity contribution in [3.63, 3.8) is 0 Å². The number of rotatable bonds is 3. The number of aliphatic hydroxyl groups excluding tert-OH is 1. The second-order valence-electron chi connectivity index (χ2n) is 6.43. The lowest BCUT2D eigenvalue weighted by molar-refractivity contribution is -0.126. The molecule has 2 saturated heterocycles. The van der Waals surface area contributed by atoms with E-state index in [1.54, 1.807) is 6.08 Å². The zero-order chi connectivity index (χ0) is 16.8. The number of hydrogen-bond donors (Lipinski definition) is 1. The highest BCUT2D eigenvalue weighted by atomic mass is 16.5. The van der Waals surface area contributed by atoms with Gasteiger partial charge >= 0.3 is 0 Å². The molecule has 0 radical (unpaired) electrons. The van der Waals surface area contributed by atoms with Gasteiger partial charge in [0.05, 0.1) is 19.3 Å². The van der Waals surface area contributed by atoms with Crippen molar-refractivity contribution >= 4 is 12.0 Å². The third kappa shape index (κ3) is 4.44. The fourth-order valence-electron chi connectivity index (χ4n) is 3.47. The molecule has 1 aromatic carbocycles. The monoisotopic (exact) mass is 330 g/mol. The number of morpholine rings is 1. The minimum absolute atomic E-state index is 0.0219. The summed E-state index contributed by atoms with van der Waals surface area (Å²) < 4.78 is 5.39. The summed E-state index contributed by atoms with van der Waals surface area (Å²) in [7, 11) is 0. The molecular formula is C19H26N2O3. The SMILES string of the molecule is O=C(C=Cc1ccccc1)N1CC[C@H](O)[C@@H](N2CCOCC2)CC1. The van der Waals surface area contributed by atoms with Gasteiger partial charge in [0.2, 0.25) is 5.91 Å². The molecule has 0 aliphatic carbocycles. The van der Waals surface area contributed by atoms with Gasteiger partial charge in [0.1, 0.15) is 0 Å². The first-order valence-corrected chi connectivity index (χ1v) is 8.76. The number of amides is 1. The molecule has 0 saturated carbocycles. The highest BCUT2D eigenvalue weighted by molar-refractivity contribution is 5.91. The van der Waals surface area contributed by atoms with Crippen molar-refractivity contribution in [3.8, 4) is 0 Å². The molecule has 2 fully saturated rings. The second kappa shape index (κ2) is 8.42. The molecule has 0 unspecified atom stereocenters. The van der Waals surface area contributed by atoms with E-state index in [9.17, 15) is 9.90 Å². The quantitative estimate of drug-likeness (QED) is 0.851. The van der Waals surface area contributed by atoms with Gasteiger partial charge in [-0.1, -0.05) is 30.3 Å². The molecule has 1 amide bonds. The molecule has 130 valence electrons. The van der Waals surface area contributed by atoms with Crippen LogP contribution in [0.1, 0.15) is 18.4 Å². The van der Waals surface area contributed by atoms with E-state index in [1.807, 2.05) is 41.3 Å². The Morgan fingerprint density at radius 3 is 2.54 bits per heavy atom. The Kier molecular flexibility index (Phi) is 6.01. The van der Waals surface area contributed by atoms with Gasteiger partial charge in [-0.15, -0.1) is 0 Å². The van der Waals surface area contributed by atoms with E-state index < -0.39 is 0 Å². The molecule has 5 heteroatoms. The molecule has 2 atom stereocenters. The minimum Gasteiger partial charge on any atom is -0.391 e. The van der Waals surface area contributed by atoms with Crippen LogP contribution in [-0.4, -0.2) is 72.4 Å². The van der Waals surface area contributed by atoms with Crippen LogP contribution in [-0.2, 0) is 9.53 Å². The number of hydrogen-bond acceptors (Lipinski definition) is 4. The van der Waals surface area contributed by atoms with Crippen LogP contribution in [0.15, 0.2) is 36.4 Å². The number of benzene rings is 1. The molecule has 1 N–H and O–H groups in total. The Morgan fingerprint density at radius 2 is 1.79 bits per heavy atom. The summed E-state index contributed by atoms with van der Waals surface area (Å²) in [6, 6.07) is 9.96. The van der Waals surface area contributed by atoms with E-state index in [4.69, 9.17) is 4.74 Å². The summed E-state index contributed by atoms with van der Waals surface area (Å²) in [5.74, 6) is 0.0219. The van der Waals surface area contributed by atoms with Gasteiger partial charge in [-0.05, 0) is 24.5 Å². The van der Waals surface area contributed by atoms with Gasteiger partial charge in [-0.3, -0.25) is 9.69 Å². The number of carbonyl (C=O) groups excluding carboxylic acids is 1. The normalized spacial score (nSPS) is 26.5. The van der Waals surface area contributed by atoms with Crippen LogP contribution in [0.5, 0.6) is 0 Å². The number of ether oxygens (including phenoxy) is 1. The zero-order valence-corrected chi connectivity index (χ0v) is 14.0. The standard InChI is InChI=1S/C19H26N2O3/c22-18-9-11-21(10-8-17(18)20-12-14-24-15-13-20)19(23)7-6-16-4-2-1-3-5-16/h1-7,17-18,22H,8-15H2/t17-,18-/m0/s1. The van der Waals surface area contributed by atoms with Gasteiger partial charge in [0.25, 0.3) is 0 Å². The van der Waals surface area contributed by atoms with Gasteiger partial charge < -0.3 is 14.7 Å². The van der Waals surface area contributed by atoms with Crippen molar-refractivity contribution in [3.05, 3.63) is 42.0 Å². The van der Waals surface area contributed by atoms with Crippen molar-refractivity contribution < 1.29 is 14.6 Å². The number of aliphatic hydroxyl groups is 1. The van der Waals surface area contributed by atoms with E-state index in [2.05, 4.69) is 4.90 Å². The maximum Gasteiger partial charge on any atom is 0.246 e. The average Bonchev–Trinajstić information content (AvgIpc) is 2.83. The molecule has 2 aliphatic rings. The topological polar surface area (TPSA) is 53.0 Å². The fourth-order valence-corrected chi connectivity index (χ4v) is 3.47. The molecule has 0 aromatic heterocycles. The van der Waals surface area contributed by atoms with E-state index in [0.29, 0.717) is 19.5 Å². The van der Waals surface area contributed by atoms with Gasteiger partial charge in [0, 0.05) is 38.3 Å². The van der Waals surface area contributed by atoms with Crippen LogP contribution in [0.4, 0.5) is 0 Å². The third-order valence-electron chi connectivity index (χ3n) is 4.88. The van der Waals surface area contributed by atoms with Crippen molar-refractivity contribution in [1.82, 2.24) is 9.80 Å². The average molecular weight is 330 g/mol. The largest absolute Gasteiger partial charge is 0.391 e. The molecule has 2 heterocycles. The smallest absolute Gasteiger partial charge is 0.246 e. The molecule has 0 spiro atoms. The van der Waals surface area contributed by atoms with E-state index in [0.717, 1.165) is 38.3 Å². The Morgan fingerprint density at radius 1 is 1.08 bits per heavy atom. The lowest BCUT2D eigenvalue weighted by Gasteiger charge is -2.36. The maximum absolute atomic E-state index is 12.4. The predicted molar refractivity (Wildman–Crippen MR) is 93.5 cm³/mol. The van der Waals surface area contributed by atoms with Crippen LogP contribution < -0.4 is 0 Å². The van der Waals surface area contributed by atoms with Gasteiger partial charge in [-0.25, -0.2) is 0 Å². The second-order valence-corrected chi connectivity index (χ2v) is 6.43. The summed E-state index contributed by atoms with van der Waals surface area (Å²) >= 11 is 0. The Hall–Kier alpha value is -1.69. The summed E-state index contributed by atoms with van der Waals surface area (Å²) in [4.78, 5) is 16.6. The summed E-state index contributed by atoms with van der Waals surface area (Å²) in [6.07, 6.45) is 4.55. The van der Waals surface area contributed by atoms with Crippen LogP contribution in [0.3, 0.4) is 0 Å². The fraction of sp³-hybridized carbons (Fsp3) is 0.526. The lowest BCUT2D eigenvalue weighted by Crippen LogP contribution is -2.49. The van der Waals surface area contributed by atoms with Crippen LogP contribution >= 0.6 is 0 Å². The summed E-state index contributed by atoms with van der Waals surface area (Å²) in [6.45, 7) is 4.49. The van der Waals surface area contributed by atoms with Gasteiger partial charge in [-0.2, -0.15) is 0 Å². The van der Waals surface area contributed by atoms with Crippen molar-refractivity contribution in [1.29, 1.82) is 0 Å². The van der Waals surface area contributed by atoms with Crippen LogP contribution in [0.25, 0.3) is 6.08 Å². The molecular weight excluding hydrogens is 304 g/mol. The summed E-state index contributed by atoms with van der Waals surface area (Å²) in [5.41, 5.74) is 1.02. The minimum atomic E-state index is -0.376. The van der Waals surface area contributed by atoms with E-state index in [-0.39, 0.29) is 18.1 Å². The first kappa shape index (κ1) is 17.1. The Balaban J connectivity index is 1.57. The molecule has 2 aliphatic heterocycles. The maximum atomic E-state index is 12.4. The van der Waals surface area contributed by atoms with Crippen LogP contribution in [0.2, 0.25) is 0 Å². The Labute approximate surface area is 143 Å². The van der Waals surface area contributed by atoms with E-state index >= 15 is 0 Å². The number of likely N-dealkylation sites (tertiary alicyclic amines) is 1. The number of carbonyl (C=O) groups is 1. The highest BCUT2D eigenvalue weighted by Crippen LogP contribution is 2.19. The van der Waals surface area contributed by atoms with Crippen molar-refractivity contribution in [2.24, 2.45) is 0 Å². The summed E-state index contributed by atoms with van der Waals surface area (Å²) in [5, 5.41) is 10.5. The van der Waals surface area contributed by atoms with Crippen molar-refractivity contribution in [2.45, 2.75) is 25.0 Å². The van der Waals surface area contributed by atoms with Crippen LogP contribution in [0, 0.1) is 0 Å². The zero-order valence-electron chi connectivity index (χ0n) is 14.0. The highest BCUT2D eigenvalue weighted by Gasteiger charge is 2.31. The first-order valence-electron chi connectivity index (χ1n) is 8.76. The number of nitrogens with zero attached hydrogens (tertiary/aromatic N) is 2. The molecule has 0 bridgehead atoms. The van der Waals surface area contributed by atoms with Gasteiger partial charge in [0.15, 0.2) is 0 Å². The molecule has 24 heavy (non-hydrogen) atoms. The first-order chi connectivity index (χ1) is 11.7. The predicted octanol–water partition coefficient (Wildman–Crippen LogP) is 1.38. The Bertz CT molecular complexity index is 555. The molecule has 1 aromatic rings. The molecule has 5 nitrogen and oxygen atoms in total. The van der Waals surface area contributed by atoms with E-state index in [1.165, 1.54) is 0 Å². The molecule has 3 rings (SSSR count).